The molecule has 2 aliphatic heterocycles. The van der Waals surface area contributed by atoms with Crippen molar-refractivity contribution in [3.63, 3.8) is 0 Å². The van der Waals surface area contributed by atoms with Crippen LogP contribution in [-0.2, 0) is 16.1 Å². The van der Waals surface area contributed by atoms with Crippen molar-refractivity contribution in [3.05, 3.63) is 45.3 Å². The van der Waals surface area contributed by atoms with Gasteiger partial charge in [0.1, 0.15) is 5.58 Å². The van der Waals surface area contributed by atoms with Gasteiger partial charge in [-0.1, -0.05) is 0 Å². The molecule has 1 aromatic heterocycles. The van der Waals surface area contributed by atoms with E-state index in [1.54, 1.807) is 0 Å². The highest BCUT2D eigenvalue weighted by Gasteiger charge is 2.50. The van der Waals surface area contributed by atoms with E-state index in [1.165, 1.54) is 6.07 Å². The number of hydrogen-bond acceptors (Lipinski definition) is 5. The Hall–Kier alpha value is -2.47. The van der Waals surface area contributed by atoms with E-state index in [-0.39, 0.29) is 23.9 Å². The molecule has 4 rings (SSSR count). The van der Waals surface area contributed by atoms with Gasteiger partial charge in [-0.05, 0) is 55.6 Å². The zero-order valence-corrected chi connectivity index (χ0v) is 14.3. The highest BCUT2D eigenvalue weighted by atomic mass is 16.4. The number of amides is 2. The second-order valence-electron chi connectivity index (χ2n) is 7.32. The van der Waals surface area contributed by atoms with Crippen molar-refractivity contribution < 1.29 is 14.0 Å². The standard InChI is InChI=1S/C19H20N2O4/c1-11-5-14-13(7-17(23)25-15(14)6-12(11)2)9-21-4-3-19(10-21)8-16(22)20-18(19)24/h5-7H,3-4,8-10H2,1-2H3,(H,20,22,24). The van der Waals surface area contributed by atoms with E-state index in [2.05, 4.69) is 10.2 Å². The van der Waals surface area contributed by atoms with Crippen molar-refractivity contribution in [1.29, 1.82) is 0 Å². The fourth-order valence-corrected chi connectivity index (χ4v) is 3.97. The third-order valence-corrected chi connectivity index (χ3v) is 5.50. The van der Waals surface area contributed by atoms with Crippen LogP contribution in [0.1, 0.15) is 29.5 Å². The topological polar surface area (TPSA) is 79.6 Å². The van der Waals surface area contributed by atoms with Crippen molar-refractivity contribution in [2.45, 2.75) is 33.2 Å². The maximum Gasteiger partial charge on any atom is 0.336 e. The molecule has 0 bridgehead atoms. The van der Waals surface area contributed by atoms with Crippen molar-refractivity contribution in [1.82, 2.24) is 10.2 Å². The Balaban J connectivity index is 1.66. The number of aryl methyl sites for hydroxylation is 2. The molecule has 25 heavy (non-hydrogen) atoms. The normalized spacial score (nSPS) is 23.8. The zero-order valence-electron chi connectivity index (χ0n) is 14.3. The zero-order chi connectivity index (χ0) is 17.8. The summed E-state index contributed by atoms with van der Waals surface area (Å²) in [6, 6.07) is 5.46. The first kappa shape index (κ1) is 16.0. The molecular formula is C19H20N2O4. The fourth-order valence-electron chi connectivity index (χ4n) is 3.97. The Bertz CT molecular complexity index is 962. The van der Waals surface area contributed by atoms with Crippen LogP contribution in [0.25, 0.3) is 11.0 Å². The van der Waals surface area contributed by atoms with Crippen LogP contribution >= 0.6 is 0 Å². The van der Waals surface area contributed by atoms with Crippen molar-refractivity contribution in [2.75, 3.05) is 13.1 Å². The quantitative estimate of drug-likeness (QED) is 0.664. The summed E-state index contributed by atoms with van der Waals surface area (Å²) in [6.07, 6.45) is 0.931. The maximum atomic E-state index is 12.1. The van der Waals surface area contributed by atoms with Crippen LogP contribution in [0, 0.1) is 19.3 Å². The van der Waals surface area contributed by atoms with E-state index >= 15 is 0 Å². The molecule has 0 aliphatic carbocycles. The van der Waals surface area contributed by atoms with E-state index in [0.29, 0.717) is 25.1 Å². The number of rotatable bonds is 2. The lowest BCUT2D eigenvalue weighted by Gasteiger charge is -2.20. The van der Waals surface area contributed by atoms with Crippen molar-refractivity contribution >= 4 is 22.8 Å². The predicted octanol–water partition coefficient (Wildman–Crippen LogP) is 1.65. The first-order chi connectivity index (χ1) is 11.9. The monoisotopic (exact) mass is 340 g/mol. The Morgan fingerprint density at radius 3 is 2.64 bits per heavy atom. The molecule has 0 radical (unpaired) electrons. The summed E-state index contributed by atoms with van der Waals surface area (Å²) in [5, 5.41) is 3.34. The maximum absolute atomic E-state index is 12.1. The molecule has 2 amide bonds. The van der Waals surface area contributed by atoms with E-state index in [0.717, 1.165) is 28.6 Å². The number of nitrogens with zero attached hydrogens (tertiary/aromatic N) is 1. The average molecular weight is 340 g/mol. The molecule has 2 aromatic rings. The molecule has 1 spiro atoms. The molecule has 0 saturated carbocycles. The SMILES string of the molecule is Cc1cc2oc(=O)cc(CN3CCC4(CC(=O)NC4=O)C3)c2cc1C. The van der Waals surface area contributed by atoms with Crippen LogP contribution in [0.15, 0.2) is 27.4 Å². The van der Waals surface area contributed by atoms with Gasteiger partial charge < -0.3 is 4.42 Å². The van der Waals surface area contributed by atoms with Crippen LogP contribution in [-0.4, -0.2) is 29.8 Å². The number of benzene rings is 1. The van der Waals surface area contributed by atoms with Gasteiger partial charge in [-0.2, -0.15) is 0 Å². The van der Waals surface area contributed by atoms with Gasteiger partial charge >= 0.3 is 5.63 Å². The second-order valence-corrected chi connectivity index (χ2v) is 7.32. The summed E-state index contributed by atoms with van der Waals surface area (Å²) in [5.41, 5.74) is 2.74. The van der Waals surface area contributed by atoms with E-state index in [4.69, 9.17) is 4.42 Å². The molecule has 1 N–H and O–H groups in total. The minimum atomic E-state index is -0.598. The Morgan fingerprint density at radius 1 is 1.16 bits per heavy atom. The molecule has 3 heterocycles. The molecular weight excluding hydrogens is 320 g/mol. The molecule has 2 fully saturated rings. The number of likely N-dealkylation sites (tertiary alicyclic amines) is 1. The van der Waals surface area contributed by atoms with Crippen LogP contribution in [0.3, 0.4) is 0 Å². The highest BCUT2D eigenvalue weighted by Crippen LogP contribution is 2.38. The lowest BCUT2D eigenvalue weighted by Crippen LogP contribution is -2.34. The average Bonchev–Trinajstić information content (AvgIpc) is 3.05. The largest absolute Gasteiger partial charge is 0.423 e. The molecule has 1 aromatic carbocycles. The summed E-state index contributed by atoms with van der Waals surface area (Å²) >= 11 is 0. The minimum Gasteiger partial charge on any atom is -0.423 e. The second kappa shape index (κ2) is 5.52. The molecule has 1 unspecified atom stereocenters. The van der Waals surface area contributed by atoms with Gasteiger partial charge in [0.05, 0.1) is 5.41 Å². The number of carbonyl (C=O) groups is 2. The van der Waals surface area contributed by atoms with Gasteiger partial charge in [-0.3, -0.25) is 19.8 Å². The minimum absolute atomic E-state index is 0.163. The van der Waals surface area contributed by atoms with Crippen LogP contribution in [0.2, 0.25) is 0 Å². The van der Waals surface area contributed by atoms with Gasteiger partial charge in [0, 0.05) is 31.0 Å². The number of carbonyl (C=O) groups excluding carboxylic acids is 2. The smallest absolute Gasteiger partial charge is 0.336 e. The van der Waals surface area contributed by atoms with E-state index in [1.807, 2.05) is 26.0 Å². The number of hydrogen-bond donors (Lipinski definition) is 1. The van der Waals surface area contributed by atoms with Crippen LogP contribution in [0.4, 0.5) is 0 Å². The molecule has 6 heteroatoms. The van der Waals surface area contributed by atoms with Gasteiger partial charge in [0.25, 0.3) is 0 Å². The first-order valence-electron chi connectivity index (χ1n) is 8.47. The lowest BCUT2D eigenvalue weighted by atomic mass is 9.85. The highest BCUT2D eigenvalue weighted by molar-refractivity contribution is 6.06. The van der Waals surface area contributed by atoms with E-state index in [9.17, 15) is 14.4 Å². The van der Waals surface area contributed by atoms with Crippen molar-refractivity contribution in [2.24, 2.45) is 5.41 Å². The summed E-state index contributed by atoms with van der Waals surface area (Å²) in [5.74, 6) is -0.354. The number of nitrogens with one attached hydrogen (secondary N) is 1. The molecule has 2 aliphatic rings. The third-order valence-electron chi connectivity index (χ3n) is 5.50. The summed E-state index contributed by atoms with van der Waals surface area (Å²) in [4.78, 5) is 37.8. The van der Waals surface area contributed by atoms with Crippen LogP contribution in [0.5, 0.6) is 0 Å². The Labute approximate surface area is 144 Å². The number of imide groups is 1. The van der Waals surface area contributed by atoms with Crippen LogP contribution < -0.4 is 10.9 Å². The number of fused-ring (bicyclic) bond motifs is 1. The third kappa shape index (κ3) is 2.66. The Morgan fingerprint density at radius 2 is 1.92 bits per heavy atom. The summed E-state index contributed by atoms with van der Waals surface area (Å²) in [6.45, 7) is 5.85. The summed E-state index contributed by atoms with van der Waals surface area (Å²) < 4.78 is 5.34. The van der Waals surface area contributed by atoms with Crippen molar-refractivity contribution in [3.8, 4) is 0 Å². The molecule has 130 valence electrons. The van der Waals surface area contributed by atoms with Gasteiger partial charge in [-0.25, -0.2) is 4.79 Å². The van der Waals surface area contributed by atoms with Gasteiger partial charge in [0.2, 0.25) is 11.8 Å². The van der Waals surface area contributed by atoms with E-state index < -0.39 is 5.41 Å². The fraction of sp³-hybridized carbons (Fsp3) is 0.421. The van der Waals surface area contributed by atoms with Gasteiger partial charge in [0.15, 0.2) is 0 Å². The molecule has 6 nitrogen and oxygen atoms in total. The molecule has 2 saturated heterocycles. The summed E-state index contributed by atoms with van der Waals surface area (Å²) in [7, 11) is 0. The molecule has 1 atom stereocenters. The lowest BCUT2D eigenvalue weighted by molar-refractivity contribution is -0.128. The van der Waals surface area contributed by atoms with Gasteiger partial charge in [-0.15, -0.1) is 0 Å². The Kier molecular flexibility index (Phi) is 3.54. The predicted molar refractivity (Wildman–Crippen MR) is 92.1 cm³/mol. The first-order valence-corrected chi connectivity index (χ1v) is 8.47.